The van der Waals surface area contributed by atoms with E-state index >= 15 is 0 Å². The summed E-state index contributed by atoms with van der Waals surface area (Å²) < 4.78 is 37.9. The molecule has 0 aromatic carbocycles. The van der Waals surface area contributed by atoms with E-state index in [4.69, 9.17) is 0 Å². The zero-order chi connectivity index (χ0) is 23.3. The van der Waals surface area contributed by atoms with Crippen molar-refractivity contribution < 1.29 is 23.4 Å². The first kappa shape index (κ1) is 24.6. The van der Waals surface area contributed by atoms with Gasteiger partial charge in [0.1, 0.15) is 6.10 Å². The highest BCUT2D eigenvalue weighted by Crippen LogP contribution is 2.65. The Hall–Kier alpha value is -0.550. The molecule has 0 bridgehead atoms. The Balaban J connectivity index is 1.40. The summed E-state index contributed by atoms with van der Waals surface area (Å²) in [6, 6.07) is 0. The minimum atomic E-state index is -4.49. The monoisotopic (exact) mass is 456 g/mol. The molecule has 0 spiro atoms. The van der Waals surface area contributed by atoms with E-state index in [1.165, 1.54) is 31.3 Å². The highest BCUT2D eigenvalue weighted by atomic mass is 19.4. The van der Waals surface area contributed by atoms with Crippen LogP contribution < -0.4 is 0 Å². The fourth-order valence-corrected chi connectivity index (χ4v) is 8.64. The van der Waals surface area contributed by atoms with Gasteiger partial charge in [-0.3, -0.25) is 0 Å². The zero-order valence-corrected chi connectivity index (χ0v) is 20.1. The summed E-state index contributed by atoms with van der Waals surface area (Å²) in [7, 11) is 0. The van der Waals surface area contributed by atoms with E-state index in [2.05, 4.69) is 26.8 Å². The van der Waals surface area contributed by atoms with E-state index in [-0.39, 0.29) is 6.42 Å². The molecule has 0 heterocycles. The standard InChI is InChI=1S/C27H43F3O2/c1-4-26(32)15-13-19-18(16-26)8-9-21-20(19)12-14-25(3)22(10-11-23(21)25)17(2)6-5-7-24(31)27(28,29)30/h8,17,19-24,31-32H,4-7,9-16H2,1-3H3/t17-,19+,20-,21-,22-,23+,24+,25-,26+/m1/s1. The topological polar surface area (TPSA) is 40.5 Å². The molecule has 0 unspecified atom stereocenters. The van der Waals surface area contributed by atoms with Crippen molar-refractivity contribution in [3.8, 4) is 0 Å². The summed E-state index contributed by atoms with van der Waals surface area (Å²) in [5.41, 5.74) is 1.33. The van der Waals surface area contributed by atoms with Crippen molar-refractivity contribution in [1.82, 2.24) is 0 Å². The smallest absolute Gasteiger partial charge is 0.390 e. The molecule has 0 amide bonds. The zero-order valence-electron chi connectivity index (χ0n) is 20.1. The largest absolute Gasteiger partial charge is 0.414 e. The molecule has 0 radical (unpaired) electrons. The Morgan fingerprint density at radius 3 is 2.53 bits per heavy atom. The van der Waals surface area contributed by atoms with Crippen molar-refractivity contribution in [2.45, 2.75) is 116 Å². The van der Waals surface area contributed by atoms with Crippen LogP contribution in [0.25, 0.3) is 0 Å². The second kappa shape index (κ2) is 8.91. The molecule has 4 aliphatic rings. The van der Waals surface area contributed by atoms with Crippen LogP contribution in [0.1, 0.15) is 97.8 Å². The van der Waals surface area contributed by atoms with Crippen LogP contribution in [0.2, 0.25) is 0 Å². The Morgan fingerprint density at radius 1 is 1.09 bits per heavy atom. The van der Waals surface area contributed by atoms with Crippen LogP contribution in [0.5, 0.6) is 0 Å². The molecular weight excluding hydrogens is 413 g/mol. The second-order valence-corrected chi connectivity index (χ2v) is 12.0. The van der Waals surface area contributed by atoms with E-state index < -0.39 is 17.9 Å². The summed E-state index contributed by atoms with van der Waals surface area (Å²) in [5, 5.41) is 20.2. The van der Waals surface area contributed by atoms with E-state index in [9.17, 15) is 23.4 Å². The second-order valence-electron chi connectivity index (χ2n) is 12.0. The van der Waals surface area contributed by atoms with Crippen LogP contribution in [0.15, 0.2) is 11.6 Å². The highest BCUT2D eigenvalue weighted by Gasteiger charge is 2.57. The van der Waals surface area contributed by atoms with Gasteiger partial charge in [-0.15, -0.1) is 0 Å². The van der Waals surface area contributed by atoms with Crippen LogP contribution in [0, 0.1) is 40.9 Å². The fraction of sp³-hybridized carbons (Fsp3) is 0.926. The van der Waals surface area contributed by atoms with E-state index in [0.717, 1.165) is 56.3 Å². The third-order valence-electron chi connectivity index (χ3n) is 10.5. The maximum absolute atomic E-state index is 12.6. The van der Waals surface area contributed by atoms with Gasteiger partial charge in [0, 0.05) is 0 Å². The van der Waals surface area contributed by atoms with Crippen LogP contribution in [-0.2, 0) is 0 Å². The van der Waals surface area contributed by atoms with Gasteiger partial charge in [-0.25, -0.2) is 0 Å². The third-order valence-corrected chi connectivity index (χ3v) is 10.5. The predicted molar refractivity (Wildman–Crippen MR) is 121 cm³/mol. The number of fused-ring (bicyclic) bond motifs is 5. The summed E-state index contributed by atoms with van der Waals surface area (Å²) in [6.07, 6.45) is 6.71. The first-order valence-electron chi connectivity index (χ1n) is 13.1. The lowest BCUT2D eigenvalue weighted by Gasteiger charge is -2.55. The Bertz CT molecular complexity index is 704. The maximum atomic E-state index is 12.6. The molecule has 32 heavy (non-hydrogen) atoms. The quantitative estimate of drug-likeness (QED) is 0.421. The first-order valence-corrected chi connectivity index (χ1v) is 13.1. The molecule has 4 aliphatic carbocycles. The average molecular weight is 457 g/mol. The molecule has 3 saturated carbocycles. The number of aliphatic hydroxyl groups excluding tert-OH is 1. The van der Waals surface area contributed by atoms with Crippen molar-refractivity contribution in [2.24, 2.45) is 40.9 Å². The molecule has 0 aliphatic heterocycles. The minimum absolute atomic E-state index is 0.176. The summed E-state index contributed by atoms with van der Waals surface area (Å²) in [6.45, 7) is 6.81. The average Bonchev–Trinajstić information content (AvgIpc) is 3.09. The summed E-state index contributed by atoms with van der Waals surface area (Å²) >= 11 is 0. The van der Waals surface area contributed by atoms with Crippen molar-refractivity contribution in [3.05, 3.63) is 11.6 Å². The van der Waals surface area contributed by atoms with Crippen molar-refractivity contribution in [3.63, 3.8) is 0 Å². The molecule has 0 aromatic rings. The SMILES string of the molecule is CC[C@]1(O)CC[C@H]2C(=CC[C@@H]3[C@@H]2CC[C@]2(C)[C@@H]([C@H](C)CCC[C@H](O)C(F)(F)F)CC[C@@H]32)C1. The summed E-state index contributed by atoms with van der Waals surface area (Å²) in [4.78, 5) is 0. The number of hydrogen-bond acceptors (Lipinski definition) is 2. The van der Waals surface area contributed by atoms with Crippen LogP contribution in [0.3, 0.4) is 0 Å². The Morgan fingerprint density at radius 2 is 1.84 bits per heavy atom. The van der Waals surface area contributed by atoms with Gasteiger partial charge >= 0.3 is 6.18 Å². The molecule has 5 heteroatoms. The Labute approximate surface area is 192 Å². The first-order chi connectivity index (χ1) is 15.0. The van der Waals surface area contributed by atoms with Gasteiger partial charge in [0.2, 0.25) is 0 Å². The number of alkyl halides is 3. The Kier molecular flexibility index (Phi) is 6.84. The molecule has 2 nitrogen and oxygen atoms in total. The molecule has 9 atom stereocenters. The molecule has 3 fully saturated rings. The molecule has 0 saturated heterocycles. The number of hydrogen-bond donors (Lipinski definition) is 2. The number of rotatable bonds is 6. The molecule has 4 rings (SSSR count). The van der Waals surface area contributed by atoms with Crippen molar-refractivity contribution >= 4 is 0 Å². The number of halogens is 3. The van der Waals surface area contributed by atoms with Crippen molar-refractivity contribution in [1.29, 1.82) is 0 Å². The van der Waals surface area contributed by atoms with Gasteiger partial charge in [0.05, 0.1) is 5.60 Å². The molecular formula is C27H43F3O2. The highest BCUT2D eigenvalue weighted by molar-refractivity contribution is 5.22. The lowest BCUT2D eigenvalue weighted by atomic mass is 9.50. The number of allylic oxidation sites excluding steroid dienone is 1. The van der Waals surface area contributed by atoms with E-state index in [1.54, 1.807) is 0 Å². The van der Waals surface area contributed by atoms with Gasteiger partial charge in [-0.2, -0.15) is 13.2 Å². The van der Waals surface area contributed by atoms with E-state index in [0.29, 0.717) is 29.6 Å². The van der Waals surface area contributed by atoms with Crippen LogP contribution in [-0.4, -0.2) is 28.1 Å². The van der Waals surface area contributed by atoms with Crippen LogP contribution in [0.4, 0.5) is 13.2 Å². The lowest BCUT2D eigenvalue weighted by molar-refractivity contribution is -0.205. The fourth-order valence-electron chi connectivity index (χ4n) is 8.64. The normalized spacial score (nSPS) is 43.6. The van der Waals surface area contributed by atoms with Gasteiger partial charge in [0.25, 0.3) is 0 Å². The maximum Gasteiger partial charge on any atom is 0.414 e. The van der Waals surface area contributed by atoms with Crippen LogP contribution >= 0.6 is 0 Å². The lowest BCUT2D eigenvalue weighted by Crippen LogP contribution is -2.48. The van der Waals surface area contributed by atoms with Crippen molar-refractivity contribution in [2.75, 3.05) is 0 Å². The van der Waals surface area contributed by atoms with Gasteiger partial charge in [0.15, 0.2) is 0 Å². The van der Waals surface area contributed by atoms with Gasteiger partial charge in [-0.05, 0) is 105 Å². The van der Waals surface area contributed by atoms with Gasteiger partial charge in [-0.1, -0.05) is 45.3 Å². The predicted octanol–water partition coefficient (Wildman–Crippen LogP) is 7.05. The number of aliphatic hydroxyl groups is 2. The third kappa shape index (κ3) is 4.42. The summed E-state index contributed by atoms with van der Waals surface area (Å²) in [5.74, 6) is 3.86. The molecule has 184 valence electrons. The molecule has 0 aromatic heterocycles. The van der Waals surface area contributed by atoms with Gasteiger partial charge < -0.3 is 10.2 Å². The minimum Gasteiger partial charge on any atom is -0.390 e. The molecule has 2 N–H and O–H groups in total. The van der Waals surface area contributed by atoms with E-state index in [1.807, 2.05) is 0 Å².